The third-order valence-corrected chi connectivity index (χ3v) is 6.96. The highest BCUT2D eigenvalue weighted by atomic mass is 35.5. The van der Waals surface area contributed by atoms with Gasteiger partial charge in [0.2, 0.25) is 5.91 Å². The molecule has 42 heavy (non-hydrogen) atoms. The van der Waals surface area contributed by atoms with Crippen LogP contribution in [-0.2, 0) is 18.3 Å². The van der Waals surface area contributed by atoms with Crippen LogP contribution in [0.25, 0.3) is 22.6 Å². The number of amides is 2. The molecule has 0 unspecified atom stereocenters. The molecule has 4 rings (SSSR count). The smallest absolute Gasteiger partial charge is 0.251 e. The monoisotopic (exact) mass is 611 g/mol. The Bertz CT molecular complexity index is 1540. The summed E-state index contributed by atoms with van der Waals surface area (Å²) in [5.74, 6) is 1.06. The molecule has 2 heterocycles. The van der Waals surface area contributed by atoms with Gasteiger partial charge in [0.15, 0.2) is 11.8 Å². The van der Waals surface area contributed by atoms with Gasteiger partial charge >= 0.3 is 0 Å². The van der Waals surface area contributed by atoms with Crippen molar-refractivity contribution in [1.82, 2.24) is 19.9 Å². The second-order valence-corrected chi connectivity index (χ2v) is 10.5. The fourth-order valence-corrected chi connectivity index (χ4v) is 4.96. The van der Waals surface area contributed by atoms with Crippen LogP contribution >= 0.6 is 23.2 Å². The quantitative estimate of drug-likeness (QED) is 0.0635. The number of carbonyl (C=O) groups excluding carboxylic acids is 2. The highest BCUT2D eigenvalue weighted by Gasteiger charge is 2.14. The molecule has 0 aliphatic rings. The number of nitrogens with two attached hydrogens (primary N) is 2. The lowest BCUT2D eigenvalue weighted by atomic mass is 10.1. The number of carbonyl (C=O) groups is 2. The summed E-state index contributed by atoms with van der Waals surface area (Å²) in [6, 6.07) is 15.5. The van der Waals surface area contributed by atoms with Crippen molar-refractivity contribution in [1.29, 1.82) is 0 Å². The number of aromatic amines is 1. The zero-order valence-electron chi connectivity index (χ0n) is 23.4. The average Bonchev–Trinajstić information content (AvgIpc) is 3.56. The van der Waals surface area contributed by atoms with Crippen molar-refractivity contribution in [2.24, 2.45) is 23.5 Å². The maximum atomic E-state index is 12.8. The summed E-state index contributed by atoms with van der Waals surface area (Å²) in [5, 5.41) is 5.76. The molecule has 2 aromatic heterocycles. The van der Waals surface area contributed by atoms with Crippen LogP contribution in [-0.4, -0.2) is 70.2 Å². The SMILES string of the molecule is Cn1cc(NC(=O)CN=C(N)N)cc1-c1nc2ccc(C(=O)NCCCc3ccc(N(CCCl)CCCl)cc3)cc2[nH]1. The van der Waals surface area contributed by atoms with E-state index in [1.54, 1.807) is 24.4 Å². The van der Waals surface area contributed by atoms with Crippen molar-refractivity contribution in [2.75, 3.05) is 48.2 Å². The number of aryl methyl sites for hydroxylation is 2. The van der Waals surface area contributed by atoms with Gasteiger partial charge in [0.25, 0.3) is 5.91 Å². The van der Waals surface area contributed by atoms with Gasteiger partial charge in [-0.15, -0.1) is 23.2 Å². The summed E-state index contributed by atoms with van der Waals surface area (Å²) in [6.45, 7) is 1.89. The molecule has 13 heteroatoms. The van der Waals surface area contributed by atoms with Crippen LogP contribution in [0.4, 0.5) is 11.4 Å². The molecule has 2 aromatic carbocycles. The molecular formula is C29H35Cl2N9O2. The largest absolute Gasteiger partial charge is 0.370 e. The molecular weight excluding hydrogens is 577 g/mol. The molecule has 0 spiro atoms. The van der Waals surface area contributed by atoms with Gasteiger partial charge in [-0.2, -0.15) is 0 Å². The molecule has 0 fully saturated rings. The first-order valence-electron chi connectivity index (χ1n) is 13.5. The van der Waals surface area contributed by atoms with Gasteiger partial charge in [0.1, 0.15) is 6.54 Å². The second kappa shape index (κ2) is 14.6. The van der Waals surface area contributed by atoms with E-state index in [1.807, 2.05) is 17.7 Å². The van der Waals surface area contributed by atoms with E-state index < -0.39 is 0 Å². The Labute approximate surface area is 254 Å². The minimum absolute atomic E-state index is 0.147. The molecule has 0 radical (unpaired) electrons. The van der Waals surface area contributed by atoms with Crippen molar-refractivity contribution in [3.63, 3.8) is 0 Å². The van der Waals surface area contributed by atoms with E-state index in [0.29, 0.717) is 35.4 Å². The second-order valence-electron chi connectivity index (χ2n) is 9.72. The first-order valence-corrected chi connectivity index (χ1v) is 14.6. The number of fused-ring (bicyclic) bond motifs is 1. The molecule has 0 aliphatic heterocycles. The van der Waals surface area contributed by atoms with Gasteiger partial charge < -0.3 is 36.6 Å². The minimum Gasteiger partial charge on any atom is -0.370 e. The highest BCUT2D eigenvalue weighted by molar-refractivity contribution is 6.18. The zero-order chi connectivity index (χ0) is 30.1. The molecule has 0 atom stereocenters. The number of alkyl halides is 2. The predicted octanol–water partition coefficient (Wildman–Crippen LogP) is 3.43. The Hall–Kier alpha value is -4.22. The first-order chi connectivity index (χ1) is 20.3. The number of nitrogens with one attached hydrogen (secondary N) is 3. The number of anilines is 2. The average molecular weight is 613 g/mol. The molecule has 222 valence electrons. The highest BCUT2D eigenvalue weighted by Crippen LogP contribution is 2.25. The number of hydrogen-bond acceptors (Lipinski definition) is 5. The number of halogens is 2. The van der Waals surface area contributed by atoms with E-state index in [4.69, 9.17) is 34.7 Å². The van der Waals surface area contributed by atoms with E-state index >= 15 is 0 Å². The van der Waals surface area contributed by atoms with E-state index in [-0.39, 0.29) is 24.3 Å². The molecule has 0 saturated carbocycles. The molecule has 2 amide bonds. The minimum atomic E-state index is -0.341. The summed E-state index contributed by atoms with van der Waals surface area (Å²) in [4.78, 5) is 38.7. The number of aliphatic imine (C=N–C) groups is 1. The fourth-order valence-electron chi connectivity index (χ4n) is 4.55. The number of benzene rings is 2. The molecule has 0 bridgehead atoms. The van der Waals surface area contributed by atoms with Gasteiger partial charge in [0.05, 0.1) is 22.4 Å². The van der Waals surface area contributed by atoms with Crippen molar-refractivity contribution >= 4 is 63.4 Å². The molecule has 11 nitrogen and oxygen atoms in total. The number of nitrogens with zero attached hydrogens (tertiary/aromatic N) is 4. The van der Waals surface area contributed by atoms with Crippen LogP contribution in [0.5, 0.6) is 0 Å². The van der Waals surface area contributed by atoms with E-state index in [1.165, 1.54) is 5.56 Å². The number of guanidine groups is 1. The van der Waals surface area contributed by atoms with Crippen molar-refractivity contribution in [2.45, 2.75) is 12.8 Å². The number of H-pyrrole nitrogens is 1. The van der Waals surface area contributed by atoms with Gasteiger partial charge in [-0.3, -0.25) is 9.59 Å². The van der Waals surface area contributed by atoms with E-state index in [2.05, 4.69) is 54.8 Å². The van der Waals surface area contributed by atoms with Crippen molar-refractivity contribution in [3.05, 3.63) is 65.9 Å². The predicted molar refractivity (Wildman–Crippen MR) is 171 cm³/mol. The summed E-state index contributed by atoms with van der Waals surface area (Å²) in [5.41, 5.74) is 16.2. The molecule has 7 N–H and O–H groups in total. The number of hydrogen-bond donors (Lipinski definition) is 5. The Balaban J connectivity index is 1.32. The van der Waals surface area contributed by atoms with Crippen LogP contribution in [0.2, 0.25) is 0 Å². The molecule has 0 aliphatic carbocycles. The Morgan fingerprint density at radius 3 is 2.50 bits per heavy atom. The maximum Gasteiger partial charge on any atom is 0.251 e. The van der Waals surface area contributed by atoms with E-state index in [9.17, 15) is 9.59 Å². The van der Waals surface area contributed by atoms with Gasteiger partial charge in [0, 0.05) is 55.9 Å². The summed E-state index contributed by atoms with van der Waals surface area (Å²) in [7, 11) is 1.85. The lowest BCUT2D eigenvalue weighted by Crippen LogP contribution is -2.27. The van der Waals surface area contributed by atoms with Gasteiger partial charge in [-0.1, -0.05) is 12.1 Å². The van der Waals surface area contributed by atoms with Gasteiger partial charge in [-0.05, 0) is 54.8 Å². The standard InChI is InChI=1S/C29H35Cl2N9O2/c1-39-18-21(36-26(41)17-35-29(32)33)16-25(39)27-37-23-9-6-20(15-24(23)38-27)28(42)34-12-2-3-19-4-7-22(8-5-19)40(13-10-30)14-11-31/h4-9,15-16,18H,2-3,10-14,17H2,1H3,(H,34,42)(H,36,41)(H,37,38)(H4,32,33,35). The first kappa shape index (κ1) is 30.7. The summed E-state index contributed by atoms with van der Waals surface area (Å²) >= 11 is 11.8. The number of aromatic nitrogens is 3. The van der Waals surface area contributed by atoms with Crippen molar-refractivity contribution in [3.8, 4) is 11.5 Å². The lowest BCUT2D eigenvalue weighted by molar-refractivity contribution is -0.114. The topological polar surface area (TPSA) is 159 Å². The van der Waals surface area contributed by atoms with Crippen molar-refractivity contribution < 1.29 is 9.59 Å². The molecule has 4 aromatic rings. The number of rotatable bonds is 14. The van der Waals surface area contributed by atoms with Crippen LogP contribution < -0.4 is 27.0 Å². The van der Waals surface area contributed by atoms with Crippen LogP contribution in [0.1, 0.15) is 22.3 Å². The van der Waals surface area contributed by atoms with Crippen LogP contribution in [0.3, 0.4) is 0 Å². The Morgan fingerprint density at radius 2 is 1.81 bits per heavy atom. The fraction of sp³-hybridized carbons (Fsp3) is 0.310. The third kappa shape index (κ3) is 8.17. The summed E-state index contributed by atoms with van der Waals surface area (Å²) in [6.07, 6.45) is 3.43. The van der Waals surface area contributed by atoms with Gasteiger partial charge in [-0.25, -0.2) is 9.98 Å². The normalized spacial score (nSPS) is 10.9. The zero-order valence-corrected chi connectivity index (χ0v) is 24.9. The maximum absolute atomic E-state index is 12.8. The Kier molecular flexibility index (Phi) is 10.7. The van der Waals surface area contributed by atoms with E-state index in [0.717, 1.165) is 48.3 Å². The Morgan fingerprint density at radius 1 is 1.07 bits per heavy atom. The third-order valence-electron chi connectivity index (χ3n) is 6.62. The summed E-state index contributed by atoms with van der Waals surface area (Å²) < 4.78 is 1.84. The molecule has 0 saturated heterocycles. The lowest BCUT2D eigenvalue weighted by Gasteiger charge is -2.23. The number of imidazole rings is 1. The van der Waals surface area contributed by atoms with Crippen LogP contribution in [0, 0.1) is 0 Å². The van der Waals surface area contributed by atoms with Crippen LogP contribution in [0.15, 0.2) is 59.7 Å².